The van der Waals surface area contributed by atoms with Gasteiger partial charge in [0.2, 0.25) is 0 Å². The lowest BCUT2D eigenvalue weighted by Crippen LogP contribution is -2.41. The molecule has 24 heavy (non-hydrogen) atoms. The van der Waals surface area contributed by atoms with E-state index >= 15 is 0 Å². The average molecular weight is 334 g/mol. The Labute approximate surface area is 144 Å². The summed E-state index contributed by atoms with van der Waals surface area (Å²) >= 11 is 0. The molecule has 1 aromatic carbocycles. The molecule has 0 saturated carbocycles. The second-order valence-electron chi connectivity index (χ2n) is 6.14. The zero-order valence-electron chi connectivity index (χ0n) is 14.3. The van der Waals surface area contributed by atoms with Crippen molar-refractivity contribution in [2.75, 3.05) is 52.4 Å². The molecule has 0 spiro atoms. The van der Waals surface area contributed by atoms with Gasteiger partial charge in [-0.2, -0.15) is 0 Å². The van der Waals surface area contributed by atoms with Crippen LogP contribution in [-0.4, -0.2) is 68.3 Å². The van der Waals surface area contributed by atoms with Gasteiger partial charge in [-0.25, -0.2) is 0 Å². The lowest BCUT2D eigenvalue weighted by Gasteiger charge is -2.29. The van der Waals surface area contributed by atoms with Gasteiger partial charge >= 0.3 is 5.97 Å². The summed E-state index contributed by atoms with van der Waals surface area (Å²) in [7, 11) is 0. The Morgan fingerprint density at radius 2 is 1.50 bits per heavy atom. The van der Waals surface area contributed by atoms with Crippen molar-refractivity contribution >= 4 is 5.97 Å². The van der Waals surface area contributed by atoms with E-state index in [0.29, 0.717) is 0 Å². The Morgan fingerprint density at radius 1 is 0.875 bits per heavy atom. The van der Waals surface area contributed by atoms with Gasteiger partial charge in [0.15, 0.2) is 0 Å². The fourth-order valence-corrected chi connectivity index (χ4v) is 3.03. The first-order valence-corrected chi connectivity index (χ1v) is 8.93. The fraction of sp³-hybridized carbons (Fsp3) is 0.611. The summed E-state index contributed by atoms with van der Waals surface area (Å²) in [6.07, 6.45) is 2.03. The Kier molecular flexibility index (Phi) is 8.76. The van der Waals surface area contributed by atoms with Gasteiger partial charge in [-0.3, -0.25) is 9.69 Å². The molecule has 0 aliphatic carbocycles. The van der Waals surface area contributed by atoms with Gasteiger partial charge in [0, 0.05) is 32.7 Å². The standard InChI is InChI=1S/C18H30N4O2/c23-18(24)17(16-6-2-1-3-7-16)22-14-5-10-20-12-11-19-8-4-9-21-13-15-22/h1-3,6-7,17,19-21H,4-5,8-15H2,(H,23,24). The molecule has 1 aromatic rings. The number of benzene rings is 1. The van der Waals surface area contributed by atoms with Crippen LogP contribution in [0.1, 0.15) is 24.4 Å². The van der Waals surface area contributed by atoms with Crippen LogP contribution in [0.15, 0.2) is 30.3 Å². The van der Waals surface area contributed by atoms with Crippen LogP contribution in [0.25, 0.3) is 0 Å². The Morgan fingerprint density at radius 3 is 2.17 bits per heavy atom. The lowest BCUT2D eigenvalue weighted by atomic mass is 10.0. The largest absolute Gasteiger partial charge is 0.480 e. The smallest absolute Gasteiger partial charge is 0.325 e. The van der Waals surface area contributed by atoms with E-state index in [4.69, 9.17) is 0 Å². The molecular formula is C18H30N4O2. The van der Waals surface area contributed by atoms with Gasteiger partial charge in [-0.05, 0) is 38.0 Å². The van der Waals surface area contributed by atoms with Crippen LogP contribution < -0.4 is 16.0 Å². The molecule has 4 N–H and O–H groups in total. The van der Waals surface area contributed by atoms with Crippen molar-refractivity contribution < 1.29 is 9.90 Å². The van der Waals surface area contributed by atoms with Gasteiger partial charge in [-0.1, -0.05) is 30.3 Å². The lowest BCUT2D eigenvalue weighted by molar-refractivity contribution is -0.143. The number of carbonyl (C=O) groups is 1. The molecule has 1 fully saturated rings. The fourth-order valence-electron chi connectivity index (χ4n) is 3.03. The molecule has 0 bridgehead atoms. The zero-order chi connectivity index (χ0) is 17.0. The molecule has 1 unspecified atom stereocenters. The minimum atomic E-state index is -0.778. The summed E-state index contributed by atoms with van der Waals surface area (Å²) in [6.45, 7) is 7.13. The predicted molar refractivity (Wildman–Crippen MR) is 96.2 cm³/mol. The summed E-state index contributed by atoms with van der Waals surface area (Å²) in [4.78, 5) is 14.0. The van der Waals surface area contributed by atoms with Crippen molar-refractivity contribution in [1.29, 1.82) is 0 Å². The molecule has 0 aromatic heterocycles. The predicted octanol–water partition coefficient (Wildman–Crippen LogP) is 0.677. The van der Waals surface area contributed by atoms with Gasteiger partial charge in [0.05, 0.1) is 0 Å². The monoisotopic (exact) mass is 334 g/mol. The highest BCUT2D eigenvalue weighted by molar-refractivity contribution is 5.75. The molecule has 6 heteroatoms. The second-order valence-corrected chi connectivity index (χ2v) is 6.14. The van der Waals surface area contributed by atoms with E-state index < -0.39 is 12.0 Å². The third-order valence-electron chi connectivity index (χ3n) is 4.27. The zero-order valence-corrected chi connectivity index (χ0v) is 14.3. The van der Waals surface area contributed by atoms with Crippen LogP contribution in [0.3, 0.4) is 0 Å². The quantitative estimate of drug-likeness (QED) is 0.651. The van der Waals surface area contributed by atoms with Crippen LogP contribution in [0.4, 0.5) is 0 Å². The maximum absolute atomic E-state index is 11.9. The van der Waals surface area contributed by atoms with Crippen LogP contribution in [0.2, 0.25) is 0 Å². The van der Waals surface area contributed by atoms with Crippen molar-refractivity contribution in [1.82, 2.24) is 20.9 Å². The molecule has 2 rings (SSSR count). The number of nitrogens with one attached hydrogen (secondary N) is 3. The van der Waals surface area contributed by atoms with E-state index in [0.717, 1.165) is 70.8 Å². The maximum Gasteiger partial charge on any atom is 0.325 e. The van der Waals surface area contributed by atoms with Crippen molar-refractivity contribution in [3.8, 4) is 0 Å². The first kappa shape index (κ1) is 18.9. The third kappa shape index (κ3) is 6.57. The summed E-state index contributed by atoms with van der Waals surface area (Å²) < 4.78 is 0. The number of nitrogens with zero attached hydrogens (tertiary/aromatic N) is 1. The highest BCUT2D eigenvalue weighted by atomic mass is 16.4. The number of carboxylic acids is 1. The Balaban J connectivity index is 2.01. The molecular weight excluding hydrogens is 304 g/mol. The maximum atomic E-state index is 11.9. The van der Waals surface area contributed by atoms with Gasteiger partial charge in [-0.15, -0.1) is 0 Å². The van der Waals surface area contributed by atoms with Crippen molar-refractivity contribution in [3.63, 3.8) is 0 Å². The van der Waals surface area contributed by atoms with E-state index in [2.05, 4.69) is 20.9 Å². The second kappa shape index (κ2) is 11.1. The van der Waals surface area contributed by atoms with Crippen molar-refractivity contribution in [2.24, 2.45) is 0 Å². The van der Waals surface area contributed by atoms with Crippen LogP contribution >= 0.6 is 0 Å². The Bertz CT molecular complexity index is 455. The minimum Gasteiger partial charge on any atom is -0.480 e. The van der Waals surface area contributed by atoms with E-state index in [9.17, 15) is 9.90 Å². The van der Waals surface area contributed by atoms with Gasteiger partial charge < -0.3 is 21.1 Å². The Hall–Kier alpha value is -1.47. The van der Waals surface area contributed by atoms with E-state index in [1.54, 1.807) is 0 Å². The summed E-state index contributed by atoms with van der Waals surface area (Å²) in [6, 6.07) is 8.96. The molecule has 1 heterocycles. The van der Waals surface area contributed by atoms with Crippen LogP contribution in [0.5, 0.6) is 0 Å². The third-order valence-corrected chi connectivity index (χ3v) is 4.27. The molecule has 1 atom stereocenters. The summed E-state index contributed by atoms with van der Waals surface area (Å²) in [5.74, 6) is -0.778. The normalized spacial score (nSPS) is 20.8. The SMILES string of the molecule is O=C(O)C(c1ccccc1)N1CCCNCCNCCCNCC1. The summed E-state index contributed by atoms with van der Waals surface area (Å²) in [5.41, 5.74) is 0.850. The number of hydrogen-bond acceptors (Lipinski definition) is 5. The van der Waals surface area contributed by atoms with Crippen LogP contribution in [-0.2, 0) is 4.79 Å². The number of carboxylic acid groups (broad SMARTS) is 1. The molecule has 1 aliphatic rings. The number of rotatable bonds is 3. The van der Waals surface area contributed by atoms with Gasteiger partial charge in [0.25, 0.3) is 0 Å². The number of aliphatic carboxylic acids is 1. The first-order chi connectivity index (χ1) is 11.8. The van der Waals surface area contributed by atoms with Crippen molar-refractivity contribution in [2.45, 2.75) is 18.9 Å². The van der Waals surface area contributed by atoms with Gasteiger partial charge in [0.1, 0.15) is 6.04 Å². The molecule has 0 amide bonds. The molecule has 1 aliphatic heterocycles. The van der Waals surface area contributed by atoms with Crippen molar-refractivity contribution in [3.05, 3.63) is 35.9 Å². The molecule has 134 valence electrons. The average Bonchev–Trinajstić information content (AvgIpc) is 2.59. The topological polar surface area (TPSA) is 76.6 Å². The van der Waals surface area contributed by atoms with Crippen LogP contribution in [0, 0.1) is 0 Å². The number of hydrogen-bond donors (Lipinski definition) is 4. The molecule has 1 saturated heterocycles. The molecule has 0 radical (unpaired) electrons. The minimum absolute atomic E-state index is 0.581. The highest BCUT2D eigenvalue weighted by Crippen LogP contribution is 2.21. The van der Waals surface area contributed by atoms with E-state index in [1.807, 2.05) is 30.3 Å². The molecule has 6 nitrogen and oxygen atoms in total. The highest BCUT2D eigenvalue weighted by Gasteiger charge is 2.26. The van der Waals surface area contributed by atoms with E-state index in [1.165, 1.54) is 0 Å². The first-order valence-electron chi connectivity index (χ1n) is 8.93. The summed E-state index contributed by atoms with van der Waals surface area (Å²) in [5, 5.41) is 20.0. The van der Waals surface area contributed by atoms with E-state index in [-0.39, 0.29) is 0 Å².